The van der Waals surface area contributed by atoms with Crippen LogP contribution in [0.5, 0.6) is 0 Å². The molecule has 192 valence electrons. The molecule has 0 aliphatic carbocycles. The van der Waals surface area contributed by atoms with Gasteiger partial charge >= 0.3 is 5.97 Å². The van der Waals surface area contributed by atoms with E-state index in [0.717, 1.165) is 9.87 Å². The van der Waals surface area contributed by atoms with Crippen LogP contribution in [0.2, 0.25) is 0 Å². The van der Waals surface area contributed by atoms with Gasteiger partial charge in [0.1, 0.15) is 12.1 Å². The molecule has 0 bridgehead atoms. The quantitative estimate of drug-likeness (QED) is 0.299. The molecule has 2 unspecified atom stereocenters. The van der Waals surface area contributed by atoms with Gasteiger partial charge in [-0.05, 0) is 43.0 Å². The molecule has 0 aromatic heterocycles. The maximum Gasteiger partial charge on any atom is 0.326 e. The SMILES string of the molecule is CC(N)=NCC(=O)Cc1ccc(CC(NC(=O)C2CCCN2S(=O)(=O)c2ccccc2)C(=O)O)cc1. The van der Waals surface area contributed by atoms with Crippen molar-refractivity contribution in [3.63, 3.8) is 0 Å². The van der Waals surface area contributed by atoms with Gasteiger partial charge in [-0.25, -0.2) is 13.2 Å². The van der Waals surface area contributed by atoms with Gasteiger partial charge in [0.25, 0.3) is 0 Å². The number of carboxylic acids is 1. The third-order valence-electron chi connectivity index (χ3n) is 5.84. The zero-order chi connectivity index (χ0) is 26.3. The highest BCUT2D eigenvalue weighted by molar-refractivity contribution is 7.89. The molecule has 1 amide bonds. The minimum absolute atomic E-state index is 0.00408. The molecule has 2 atom stereocenters. The van der Waals surface area contributed by atoms with E-state index in [1.165, 1.54) is 12.1 Å². The van der Waals surface area contributed by atoms with E-state index in [1.54, 1.807) is 49.4 Å². The molecule has 3 rings (SSSR count). The van der Waals surface area contributed by atoms with Crippen molar-refractivity contribution >= 4 is 33.5 Å². The Morgan fingerprint density at radius 1 is 1.11 bits per heavy atom. The van der Waals surface area contributed by atoms with Crippen molar-refractivity contribution in [3.8, 4) is 0 Å². The number of aliphatic carboxylic acids is 1. The molecule has 0 saturated carbocycles. The highest BCUT2D eigenvalue weighted by Gasteiger charge is 2.40. The Bertz CT molecular complexity index is 1220. The number of benzene rings is 2. The van der Waals surface area contributed by atoms with Crippen molar-refractivity contribution in [1.82, 2.24) is 9.62 Å². The fourth-order valence-corrected chi connectivity index (χ4v) is 5.69. The van der Waals surface area contributed by atoms with Crippen LogP contribution >= 0.6 is 0 Å². The van der Waals surface area contributed by atoms with Crippen LogP contribution < -0.4 is 11.1 Å². The Kier molecular flexibility index (Phi) is 8.94. The molecule has 1 heterocycles. The molecule has 1 aliphatic rings. The fourth-order valence-electron chi connectivity index (χ4n) is 4.01. The van der Waals surface area contributed by atoms with Crippen LogP contribution in [0, 0.1) is 0 Å². The summed E-state index contributed by atoms with van der Waals surface area (Å²) in [4.78, 5) is 40.8. The number of nitrogens with two attached hydrogens (primary N) is 1. The Labute approximate surface area is 210 Å². The summed E-state index contributed by atoms with van der Waals surface area (Å²) < 4.78 is 27.2. The predicted octanol–water partition coefficient (Wildman–Crippen LogP) is 1.14. The summed E-state index contributed by atoms with van der Waals surface area (Å²) in [5.74, 6) is -1.64. The van der Waals surface area contributed by atoms with Crippen LogP contribution in [0.25, 0.3) is 0 Å². The van der Waals surface area contributed by atoms with Gasteiger partial charge in [0, 0.05) is 19.4 Å². The van der Waals surface area contributed by atoms with Crippen molar-refractivity contribution in [2.75, 3.05) is 13.1 Å². The Hall–Kier alpha value is -3.57. The highest BCUT2D eigenvalue weighted by Crippen LogP contribution is 2.26. The lowest BCUT2D eigenvalue weighted by Gasteiger charge is -2.25. The van der Waals surface area contributed by atoms with Crippen LogP contribution in [0.1, 0.15) is 30.9 Å². The maximum absolute atomic E-state index is 13.0. The molecule has 1 fully saturated rings. The highest BCUT2D eigenvalue weighted by atomic mass is 32.2. The van der Waals surface area contributed by atoms with Crippen molar-refractivity contribution in [2.24, 2.45) is 10.7 Å². The second-order valence-corrected chi connectivity index (χ2v) is 10.6. The number of nitrogens with one attached hydrogen (secondary N) is 1. The van der Waals surface area contributed by atoms with Crippen LogP contribution in [-0.2, 0) is 37.2 Å². The molecule has 2 aromatic carbocycles. The number of carbonyl (C=O) groups excluding carboxylic acids is 2. The summed E-state index contributed by atoms with van der Waals surface area (Å²) in [6.45, 7) is 1.78. The summed E-state index contributed by atoms with van der Waals surface area (Å²) in [7, 11) is -3.89. The summed E-state index contributed by atoms with van der Waals surface area (Å²) in [5.41, 5.74) is 6.84. The number of nitrogens with zero attached hydrogens (tertiary/aromatic N) is 2. The molecular formula is C25H30N4O6S. The zero-order valence-corrected chi connectivity index (χ0v) is 20.8. The molecule has 2 aromatic rings. The van der Waals surface area contributed by atoms with E-state index in [1.807, 2.05) is 0 Å². The standard InChI is InChI=1S/C25H30N4O6S/c1-17(26)27-16-20(30)14-18-9-11-19(12-10-18)15-22(25(32)33)28-24(31)23-8-5-13-29(23)36(34,35)21-6-3-2-4-7-21/h2-4,6-7,9-12,22-23H,5,8,13-16H2,1H3,(H2,26,27)(H,28,31)(H,32,33). The van der Waals surface area contributed by atoms with Crippen molar-refractivity contribution in [3.05, 3.63) is 65.7 Å². The number of hydrogen-bond acceptors (Lipinski definition) is 6. The van der Waals surface area contributed by atoms with Gasteiger partial charge in [-0.15, -0.1) is 0 Å². The average Bonchev–Trinajstić information content (AvgIpc) is 3.35. The van der Waals surface area contributed by atoms with Crippen molar-refractivity contribution < 1.29 is 27.9 Å². The first-order chi connectivity index (χ1) is 17.1. The molecular weight excluding hydrogens is 484 g/mol. The lowest BCUT2D eigenvalue weighted by atomic mass is 10.0. The molecule has 1 aliphatic heterocycles. The van der Waals surface area contributed by atoms with E-state index in [2.05, 4.69) is 10.3 Å². The summed E-state index contributed by atoms with van der Waals surface area (Å²) >= 11 is 0. The van der Waals surface area contributed by atoms with E-state index < -0.39 is 34.0 Å². The number of Topliss-reactive ketones (excluding diaryl/α,β-unsaturated/α-hetero) is 1. The Morgan fingerprint density at radius 2 is 1.75 bits per heavy atom. The van der Waals surface area contributed by atoms with E-state index >= 15 is 0 Å². The molecule has 36 heavy (non-hydrogen) atoms. The number of carboxylic acid groups (broad SMARTS) is 1. The van der Waals surface area contributed by atoms with Crippen LogP contribution in [0.3, 0.4) is 0 Å². The minimum atomic E-state index is -3.89. The Balaban J connectivity index is 1.65. The summed E-state index contributed by atoms with van der Waals surface area (Å²) in [6.07, 6.45) is 0.979. The summed E-state index contributed by atoms with van der Waals surface area (Å²) in [6, 6.07) is 12.5. The number of aliphatic imine (C=N–C) groups is 1. The van der Waals surface area contributed by atoms with Gasteiger partial charge < -0.3 is 16.2 Å². The topological polar surface area (TPSA) is 159 Å². The largest absolute Gasteiger partial charge is 0.480 e. The first kappa shape index (κ1) is 27.0. The van der Waals surface area contributed by atoms with Gasteiger partial charge in [0.05, 0.1) is 17.3 Å². The van der Waals surface area contributed by atoms with Crippen LogP contribution in [-0.4, -0.2) is 66.5 Å². The van der Waals surface area contributed by atoms with Gasteiger partial charge in [-0.1, -0.05) is 42.5 Å². The smallest absolute Gasteiger partial charge is 0.326 e. The van der Waals surface area contributed by atoms with E-state index in [9.17, 15) is 27.9 Å². The first-order valence-corrected chi connectivity index (χ1v) is 13.0. The van der Waals surface area contributed by atoms with Gasteiger partial charge in [-0.2, -0.15) is 4.31 Å². The predicted molar refractivity (Wildman–Crippen MR) is 134 cm³/mol. The number of rotatable bonds is 11. The maximum atomic E-state index is 13.0. The molecule has 0 radical (unpaired) electrons. The van der Waals surface area contributed by atoms with Gasteiger partial charge in [0.2, 0.25) is 15.9 Å². The van der Waals surface area contributed by atoms with Crippen LogP contribution in [0.4, 0.5) is 0 Å². The normalized spacial score (nSPS) is 17.5. The van der Waals surface area contributed by atoms with Crippen LogP contribution in [0.15, 0.2) is 64.5 Å². The number of sulfonamides is 1. The monoisotopic (exact) mass is 514 g/mol. The van der Waals surface area contributed by atoms with Gasteiger partial charge in [-0.3, -0.25) is 14.6 Å². The fraction of sp³-hybridized carbons (Fsp3) is 0.360. The number of hydrogen-bond donors (Lipinski definition) is 3. The summed E-state index contributed by atoms with van der Waals surface area (Å²) in [5, 5.41) is 12.2. The third kappa shape index (κ3) is 6.98. The first-order valence-electron chi connectivity index (χ1n) is 11.5. The molecule has 4 N–H and O–H groups in total. The molecule has 11 heteroatoms. The average molecular weight is 515 g/mol. The van der Waals surface area contributed by atoms with Gasteiger partial charge in [0.15, 0.2) is 5.78 Å². The second-order valence-electron chi connectivity index (χ2n) is 8.68. The number of amidine groups is 1. The van der Waals surface area contributed by atoms with Crippen molar-refractivity contribution in [1.29, 1.82) is 0 Å². The lowest BCUT2D eigenvalue weighted by molar-refractivity contribution is -0.142. The molecule has 0 spiro atoms. The minimum Gasteiger partial charge on any atom is -0.480 e. The second kappa shape index (κ2) is 11.9. The number of amides is 1. The zero-order valence-electron chi connectivity index (χ0n) is 20.0. The molecule has 1 saturated heterocycles. The lowest BCUT2D eigenvalue weighted by Crippen LogP contribution is -2.51. The molecule has 10 nitrogen and oxygen atoms in total. The van der Waals surface area contributed by atoms with E-state index in [4.69, 9.17) is 5.73 Å². The van der Waals surface area contributed by atoms with E-state index in [0.29, 0.717) is 24.2 Å². The third-order valence-corrected chi connectivity index (χ3v) is 7.76. The van der Waals surface area contributed by atoms with Crippen molar-refractivity contribution in [2.45, 2.75) is 49.6 Å². The van der Waals surface area contributed by atoms with E-state index in [-0.39, 0.29) is 36.6 Å². The number of ketones is 1. The number of carbonyl (C=O) groups is 3. The Morgan fingerprint density at radius 3 is 2.36 bits per heavy atom.